The van der Waals surface area contributed by atoms with E-state index in [9.17, 15) is 30.3 Å². The van der Waals surface area contributed by atoms with Crippen molar-refractivity contribution in [2.24, 2.45) is 105 Å². The largest absolute Gasteiger partial charge is 0.396 e. The van der Waals surface area contributed by atoms with E-state index in [1.807, 2.05) is 0 Å². The molecule has 7 unspecified atom stereocenters. The molecule has 0 aromatic carbocycles. The van der Waals surface area contributed by atoms with Crippen LogP contribution in [0.5, 0.6) is 0 Å². The van der Waals surface area contributed by atoms with Crippen molar-refractivity contribution in [1.29, 1.82) is 0 Å². The number of hydrogen-bond acceptors (Lipinski definition) is 6. The number of aliphatic hydroxyl groups is 5. The summed E-state index contributed by atoms with van der Waals surface area (Å²) in [7, 11) is 2.25. The summed E-state index contributed by atoms with van der Waals surface area (Å²) in [6.45, 7) is 19.4. The zero-order chi connectivity index (χ0) is 41.8. The van der Waals surface area contributed by atoms with E-state index in [2.05, 4.69) is 64.6 Å². The van der Waals surface area contributed by atoms with Crippen LogP contribution in [0.3, 0.4) is 0 Å². The van der Waals surface area contributed by atoms with E-state index in [0.29, 0.717) is 90.2 Å². The molecule has 0 radical (unpaired) electrons. The number of fused-ring (bicyclic) bond motifs is 10. The van der Waals surface area contributed by atoms with Gasteiger partial charge in [0.15, 0.2) is 0 Å². The van der Waals surface area contributed by atoms with Crippen molar-refractivity contribution >= 4 is 15.5 Å². The molecule has 8 rings (SSSR count). The third kappa shape index (κ3) is 7.09. The lowest BCUT2D eigenvalue weighted by atomic mass is 9.41. The van der Waals surface area contributed by atoms with Gasteiger partial charge in [0.25, 0.3) is 0 Å². The highest BCUT2D eigenvalue weighted by Gasteiger charge is 2.66. The molecule has 56 heavy (non-hydrogen) atoms. The van der Waals surface area contributed by atoms with Gasteiger partial charge in [-0.05, 0) is 188 Å². The van der Waals surface area contributed by atoms with Crippen LogP contribution < -0.4 is 0 Å². The smallest absolute Gasteiger partial charge is 0.123 e. The third-order valence-electron chi connectivity index (χ3n) is 20.8. The fourth-order valence-corrected chi connectivity index (χ4v) is 18.0. The van der Waals surface area contributed by atoms with Gasteiger partial charge in [0.2, 0.25) is 0 Å². The molecule has 0 saturated heterocycles. The number of carbonyl (C=O) groups is 1. The zero-order valence-electron chi connectivity index (χ0n) is 37.9. The van der Waals surface area contributed by atoms with E-state index in [1.165, 1.54) is 44.9 Å². The Bertz CT molecular complexity index is 1350. The lowest BCUT2D eigenvalue weighted by Gasteiger charge is -2.64. The summed E-state index contributed by atoms with van der Waals surface area (Å²) in [6, 6.07) is 0. The highest BCUT2D eigenvalue weighted by Crippen LogP contribution is 2.71. The first-order valence-corrected chi connectivity index (χ1v) is 24.6. The van der Waals surface area contributed by atoms with Crippen LogP contribution in [0.2, 0.25) is 0 Å². The van der Waals surface area contributed by atoms with Gasteiger partial charge < -0.3 is 30.3 Å². The molecule has 7 heteroatoms. The van der Waals surface area contributed by atoms with Crippen LogP contribution in [0.4, 0.5) is 0 Å². The Kier molecular flexibility index (Phi) is 13.6. The third-order valence-corrected chi connectivity index (χ3v) is 20.8. The Balaban J connectivity index is 0.000000180. The molecule has 8 saturated carbocycles. The van der Waals surface area contributed by atoms with Gasteiger partial charge in [0.1, 0.15) is 6.29 Å². The molecule has 0 spiro atoms. The minimum Gasteiger partial charge on any atom is -0.396 e. The number of hydrogen-bond donors (Lipinski definition) is 5. The van der Waals surface area contributed by atoms with Gasteiger partial charge >= 0.3 is 0 Å². The van der Waals surface area contributed by atoms with Crippen LogP contribution in [0, 0.1) is 105 Å². The monoisotopic (exact) mass is 804 g/mol. The molecular formula is C49H87O6P. The number of carbonyl (C=O) groups excluding carboxylic acids is 1. The Morgan fingerprint density at radius 3 is 1.39 bits per heavy atom. The minimum atomic E-state index is -0.238. The number of aliphatic hydroxyl groups excluding tert-OH is 5. The molecule has 0 aromatic heterocycles. The highest BCUT2D eigenvalue weighted by molar-refractivity contribution is 7.15. The SMILES string of the molecule is CC[C@H]1[C@@H](O)C2C3CC[C@H]([C@H](C)C=O)[C@@]3(C)CCC2[C@@]2(C)CC[C@@H](O)C[C@@H]12.CC[C@H]1[C@@H](O)C2C3CC[C@H]([C@H](C)CO)[C@@]3(C)CCC2[C@@]2(C)CC[C@@H](O)C[C@@H]12.[2H]CP. The van der Waals surface area contributed by atoms with E-state index in [-0.39, 0.29) is 52.0 Å². The van der Waals surface area contributed by atoms with Crippen molar-refractivity contribution in [2.45, 2.75) is 183 Å². The molecule has 0 bridgehead atoms. The summed E-state index contributed by atoms with van der Waals surface area (Å²) in [5, 5.41) is 53.7. The van der Waals surface area contributed by atoms with Crippen LogP contribution >= 0.6 is 9.24 Å². The molecule has 23 atom stereocenters. The van der Waals surface area contributed by atoms with Crippen molar-refractivity contribution in [1.82, 2.24) is 0 Å². The van der Waals surface area contributed by atoms with Crippen LogP contribution in [-0.4, -0.2) is 69.5 Å². The Hall–Kier alpha value is -0.1000. The number of rotatable bonds is 6. The van der Waals surface area contributed by atoms with Gasteiger partial charge in [0, 0.05) is 13.9 Å². The number of aldehydes is 1. The van der Waals surface area contributed by atoms with E-state index in [1.54, 1.807) is 0 Å². The summed E-state index contributed by atoms with van der Waals surface area (Å²) in [6.07, 6.45) is 17.9. The van der Waals surface area contributed by atoms with Crippen molar-refractivity contribution in [2.75, 3.05) is 13.2 Å². The second-order valence-electron chi connectivity index (χ2n) is 22.4. The molecule has 8 aliphatic rings. The van der Waals surface area contributed by atoms with Crippen LogP contribution in [0.15, 0.2) is 0 Å². The maximum atomic E-state index is 11.6. The van der Waals surface area contributed by atoms with E-state index in [0.717, 1.165) is 64.1 Å². The lowest BCUT2D eigenvalue weighted by Crippen LogP contribution is -2.62. The maximum Gasteiger partial charge on any atom is 0.123 e. The predicted octanol–water partition coefficient (Wildman–Crippen LogP) is 9.18. The van der Waals surface area contributed by atoms with Crippen molar-refractivity contribution in [3.05, 3.63) is 0 Å². The predicted molar refractivity (Wildman–Crippen MR) is 231 cm³/mol. The first kappa shape index (κ1) is 44.0. The van der Waals surface area contributed by atoms with E-state index in [4.69, 9.17) is 1.37 Å². The zero-order valence-corrected chi connectivity index (χ0v) is 38.1. The second-order valence-corrected chi connectivity index (χ2v) is 22.4. The van der Waals surface area contributed by atoms with Gasteiger partial charge in [-0.15, -0.1) is 9.24 Å². The second kappa shape index (κ2) is 17.3. The van der Waals surface area contributed by atoms with Gasteiger partial charge in [-0.2, -0.15) is 0 Å². The molecule has 0 heterocycles. The first-order valence-electron chi connectivity index (χ1n) is 24.4. The summed E-state index contributed by atoms with van der Waals surface area (Å²) in [5.41, 5.74) is 1.03. The molecule has 324 valence electrons. The van der Waals surface area contributed by atoms with Crippen LogP contribution in [-0.2, 0) is 4.79 Å². The molecule has 0 amide bonds. The van der Waals surface area contributed by atoms with E-state index >= 15 is 0 Å². The fourth-order valence-electron chi connectivity index (χ4n) is 18.0. The Morgan fingerprint density at radius 2 is 1.00 bits per heavy atom. The van der Waals surface area contributed by atoms with Crippen molar-refractivity contribution in [3.63, 3.8) is 0 Å². The lowest BCUT2D eigenvalue weighted by molar-refractivity contribution is -0.203. The van der Waals surface area contributed by atoms with Gasteiger partial charge in [-0.1, -0.05) is 74.9 Å². The average Bonchev–Trinajstić information content (AvgIpc) is 3.73. The van der Waals surface area contributed by atoms with Crippen molar-refractivity contribution < 1.29 is 31.7 Å². The molecule has 0 aliphatic heterocycles. The first-order chi connectivity index (χ1) is 27.0. The normalized spacial score (nSPS) is 54.4. The maximum absolute atomic E-state index is 11.6. The standard InChI is InChI=1S/C24H42O3.C24H40O3.CH5P/c2*1-5-16-20-12-15(26)8-10-24(20,4)19-9-11-23(3)17(14(2)13-25)6-7-18(23)21(19)22(16)27;1-2/h14-22,25-27H,5-13H2,1-4H3;13-22,26-27H,5-12H2,1-4H3;2H2,1H3/t2*14-,15-,16-,17-,18?,19?,20+,21?,22-,23-,24-;/m11./s1/i;;1D. The highest BCUT2D eigenvalue weighted by atomic mass is 31.0. The van der Waals surface area contributed by atoms with E-state index < -0.39 is 0 Å². The average molecular weight is 804 g/mol. The summed E-state index contributed by atoms with van der Waals surface area (Å²) < 4.78 is 6.17. The van der Waals surface area contributed by atoms with Crippen LogP contribution in [0.1, 0.15) is 159 Å². The summed E-state index contributed by atoms with van der Waals surface area (Å²) in [4.78, 5) is 11.6. The Labute approximate surface area is 346 Å². The minimum absolute atomic E-state index is 0.132. The molecule has 8 fully saturated rings. The van der Waals surface area contributed by atoms with Gasteiger partial charge in [-0.25, -0.2) is 0 Å². The topological polar surface area (TPSA) is 118 Å². The fraction of sp³-hybridized carbons (Fsp3) is 0.980. The molecule has 6 nitrogen and oxygen atoms in total. The summed E-state index contributed by atoms with van der Waals surface area (Å²) in [5.74, 6) is 6.30. The molecule has 8 aliphatic carbocycles. The molecule has 0 aromatic rings. The summed E-state index contributed by atoms with van der Waals surface area (Å²) >= 11 is 0. The molecular weight excluding hydrogens is 716 g/mol. The molecule has 5 N–H and O–H groups in total. The van der Waals surface area contributed by atoms with Crippen molar-refractivity contribution in [3.8, 4) is 0 Å². The van der Waals surface area contributed by atoms with Gasteiger partial charge in [-0.3, -0.25) is 0 Å². The quantitative estimate of drug-likeness (QED) is 0.135. The Morgan fingerprint density at radius 1 is 0.625 bits per heavy atom. The van der Waals surface area contributed by atoms with Gasteiger partial charge in [0.05, 0.1) is 24.4 Å². The van der Waals surface area contributed by atoms with Crippen LogP contribution in [0.25, 0.3) is 0 Å².